The van der Waals surface area contributed by atoms with Crippen molar-refractivity contribution in [3.63, 3.8) is 0 Å². The van der Waals surface area contributed by atoms with Gasteiger partial charge >= 0.3 is 17.9 Å². The second-order valence-corrected chi connectivity index (χ2v) is 6.94. The molecule has 1 saturated heterocycles. The van der Waals surface area contributed by atoms with Gasteiger partial charge in [0.2, 0.25) is 0 Å². The van der Waals surface area contributed by atoms with Gasteiger partial charge in [-0.05, 0) is 36.0 Å². The van der Waals surface area contributed by atoms with E-state index in [4.69, 9.17) is 14.8 Å². The maximum absolute atomic E-state index is 12.8. The number of carbonyl (C=O) groups is 3. The minimum Gasteiger partial charge on any atom is -0.481 e. The molecule has 1 fully saturated rings. The first kappa shape index (κ1) is 26.3. The number of allylic oxidation sites excluding steroid dienone is 1. The summed E-state index contributed by atoms with van der Waals surface area (Å²) >= 11 is 0. The van der Waals surface area contributed by atoms with Gasteiger partial charge in [-0.1, -0.05) is 64.3 Å². The summed E-state index contributed by atoms with van der Waals surface area (Å²) in [6, 6.07) is 7.36. The number of unbranched alkanes of at least 4 members (excludes halogenated alkanes) is 3. The minimum atomic E-state index is -0.745. The van der Waals surface area contributed by atoms with Gasteiger partial charge in [-0.25, -0.2) is 4.79 Å². The second-order valence-electron chi connectivity index (χ2n) is 6.94. The number of carboxylic acid groups (broad SMARTS) is 1. The van der Waals surface area contributed by atoms with Crippen LogP contribution in [-0.2, 0) is 25.7 Å². The molecule has 0 aliphatic carbocycles. The molecule has 8 heteroatoms. The zero-order chi connectivity index (χ0) is 23.4. The summed E-state index contributed by atoms with van der Waals surface area (Å²) in [5, 5.41) is 9.49. The fraction of sp³-hybridized carbons (Fsp3) is 0.522. The standard InChI is InChI=1S/C20H28N2O4.C3H6O2/c1-5-7-8-9-14-17(16-13-11-10-12-15(16)6-2)18-19(23)22(26-4)20(24)21(18)25-3;1-2-3(4)5/h10-13H,5-9,14H2,1-4H3;2H2,1H3,(H,4,5). The highest BCUT2D eigenvalue weighted by Gasteiger charge is 2.44. The highest BCUT2D eigenvalue weighted by molar-refractivity contribution is 6.14. The van der Waals surface area contributed by atoms with E-state index in [1.807, 2.05) is 18.2 Å². The number of aryl methyl sites for hydroxylation is 1. The Hall–Kier alpha value is -2.71. The third-order valence-electron chi connectivity index (χ3n) is 4.89. The molecule has 172 valence electrons. The SMILES string of the molecule is CCC(=O)O.CCCCCCC(=C1C(=O)N(OC)C(=O)N1OC)c1ccccc1CC. The number of nitrogens with zero attached hydrogens (tertiary/aromatic N) is 2. The summed E-state index contributed by atoms with van der Waals surface area (Å²) in [5.41, 5.74) is 3.20. The highest BCUT2D eigenvalue weighted by Crippen LogP contribution is 2.34. The van der Waals surface area contributed by atoms with E-state index in [1.165, 1.54) is 14.2 Å². The topological polar surface area (TPSA) is 96.4 Å². The number of amides is 3. The molecule has 8 nitrogen and oxygen atoms in total. The molecule has 2 rings (SSSR count). The molecule has 1 heterocycles. The van der Waals surface area contributed by atoms with Gasteiger partial charge in [0.25, 0.3) is 0 Å². The Morgan fingerprint density at radius 3 is 2.10 bits per heavy atom. The normalized spacial score (nSPS) is 15.1. The molecule has 1 aliphatic heterocycles. The van der Waals surface area contributed by atoms with Gasteiger partial charge in [0.05, 0.1) is 14.2 Å². The average molecular weight is 435 g/mol. The molecule has 3 amide bonds. The molecular weight excluding hydrogens is 400 g/mol. The molecule has 0 unspecified atom stereocenters. The van der Waals surface area contributed by atoms with E-state index in [0.717, 1.165) is 58.9 Å². The van der Waals surface area contributed by atoms with Crippen LogP contribution in [0.4, 0.5) is 4.79 Å². The lowest BCUT2D eigenvalue weighted by atomic mass is 9.92. The molecule has 1 aromatic rings. The Morgan fingerprint density at radius 2 is 1.58 bits per heavy atom. The largest absolute Gasteiger partial charge is 0.481 e. The number of hydrogen-bond acceptors (Lipinski definition) is 5. The molecule has 1 N–H and O–H groups in total. The van der Waals surface area contributed by atoms with Gasteiger partial charge < -0.3 is 5.11 Å². The van der Waals surface area contributed by atoms with Crippen molar-refractivity contribution in [1.29, 1.82) is 0 Å². The first-order valence-electron chi connectivity index (χ1n) is 10.7. The fourth-order valence-electron chi connectivity index (χ4n) is 3.26. The number of hydrogen-bond donors (Lipinski definition) is 1. The predicted octanol–water partition coefficient (Wildman–Crippen LogP) is 4.80. The zero-order valence-corrected chi connectivity index (χ0v) is 19.1. The number of rotatable bonds is 10. The van der Waals surface area contributed by atoms with E-state index in [-0.39, 0.29) is 12.1 Å². The number of carbonyl (C=O) groups excluding carboxylic acids is 2. The molecular formula is C23H34N2O6. The summed E-state index contributed by atoms with van der Waals surface area (Å²) in [7, 11) is 2.68. The van der Waals surface area contributed by atoms with Crippen LogP contribution >= 0.6 is 0 Å². The van der Waals surface area contributed by atoms with Gasteiger partial charge in [-0.2, -0.15) is 5.06 Å². The van der Waals surface area contributed by atoms with Gasteiger partial charge in [0, 0.05) is 6.42 Å². The fourth-order valence-corrected chi connectivity index (χ4v) is 3.26. The Labute approximate surface area is 184 Å². The molecule has 1 aromatic carbocycles. The van der Waals surface area contributed by atoms with Crippen molar-refractivity contribution in [2.45, 2.75) is 65.7 Å². The number of carboxylic acids is 1. The van der Waals surface area contributed by atoms with E-state index >= 15 is 0 Å². The van der Waals surface area contributed by atoms with Crippen molar-refractivity contribution in [2.75, 3.05) is 14.2 Å². The number of aliphatic carboxylic acids is 1. The van der Waals surface area contributed by atoms with Crippen LogP contribution in [-0.4, -0.2) is 47.4 Å². The van der Waals surface area contributed by atoms with E-state index in [2.05, 4.69) is 19.9 Å². The van der Waals surface area contributed by atoms with Crippen LogP contribution in [0.3, 0.4) is 0 Å². The van der Waals surface area contributed by atoms with Crippen LogP contribution in [0, 0.1) is 0 Å². The van der Waals surface area contributed by atoms with Gasteiger partial charge in [0.15, 0.2) is 0 Å². The van der Waals surface area contributed by atoms with Crippen LogP contribution in [0.1, 0.15) is 70.4 Å². The van der Waals surface area contributed by atoms with Gasteiger partial charge in [-0.15, -0.1) is 5.06 Å². The zero-order valence-electron chi connectivity index (χ0n) is 19.1. The monoisotopic (exact) mass is 434 g/mol. The van der Waals surface area contributed by atoms with Crippen molar-refractivity contribution in [3.05, 3.63) is 41.1 Å². The number of imide groups is 1. The molecule has 0 saturated carbocycles. The van der Waals surface area contributed by atoms with Crippen molar-refractivity contribution >= 4 is 23.5 Å². The Bertz CT molecular complexity index is 790. The molecule has 31 heavy (non-hydrogen) atoms. The lowest BCUT2D eigenvalue weighted by Gasteiger charge is -2.18. The second kappa shape index (κ2) is 13.6. The molecule has 1 aliphatic rings. The van der Waals surface area contributed by atoms with Crippen molar-refractivity contribution in [1.82, 2.24) is 10.1 Å². The molecule has 0 bridgehead atoms. The lowest BCUT2D eigenvalue weighted by Crippen LogP contribution is -2.31. The van der Waals surface area contributed by atoms with Gasteiger partial charge in [-0.3, -0.25) is 19.3 Å². The lowest BCUT2D eigenvalue weighted by molar-refractivity contribution is -0.152. The quantitative estimate of drug-likeness (QED) is 0.323. The maximum atomic E-state index is 12.8. The van der Waals surface area contributed by atoms with Crippen molar-refractivity contribution < 1.29 is 29.2 Å². The van der Waals surface area contributed by atoms with Crippen molar-refractivity contribution in [3.8, 4) is 0 Å². The molecule has 0 aromatic heterocycles. The average Bonchev–Trinajstić information content (AvgIpc) is 3.02. The predicted molar refractivity (Wildman–Crippen MR) is 118 cm³/mol. The Morgan fingerprint density at radius 1 is 0.968 bits per heavy atom. The first-order chi connectivity index (χ1) is 14.9. The molecule has 0 atom stereocenters. The van der Waals surface area contributed by atoms with Gasteiger partial charge in [0.1, 0.15) is 5.70 Å². The third-order valence-corrected chi connectivity index (χ3v) is 4.89. The summed E-state index contributed by atoms with van der Waals surface area (Å²) < 4.78 is 0. The maximum Gasteiger partial charge on any atom is 0.380 e. The van der Waals surface area contributed by atoms with E-state index in [0.29, 0.717) is 6.42 Å². The summed E-state index contributed by atoms with van der Waals surface area (Å²) in [5.74, 6) is -1.24. The van der Waals surface area contributed by atoms with Crippen LogP contribution in [0.25, 0.3) is 5.57 Å². The third kappa shape index (κ3) is 6.90. The molecule has 0 radical (unpaired) electrons. The minimum absolute atomic E-state index is 0.222. The Balaban J connectivity index is 0.000000861. The van der Waals surface area contributed by atoms with E-state index in [9.17, 15) is 14.4 Å². The van der Waals surface area contributed by atoms with Crippen LogP contribution in [0.15, 0.2) is 30.0 Å². The van der Waals surface area contributed by atoms with Crippen LogP contribution in [0.2, 0.25) is 0 Å². The first-order valence-corrected chi connectivity index (χ1v) is 10.7. The molecule has 0 spiro atoms. The summed E-state index contributed by atoms with van der Waals surface area (Å²) in [6.07, 6.45) is 6.05. The van der Waals surface area contributed by atoms with Crippen LogP contribution < -0.4 is 0 Å². The smallest absolute Gasteiger partial charge is 0.380 e. The van der Waals surface area contributed by atoms with Crippen molar-refractivity contribution in [2.24, 2.45) is 0 Å². The number of benzene rings is 1. The Kier molecular flexibility index (Phi) is 11.5. The van der Waals surface area contributed by atoms with E-state index < -0.39 is 17.9 Å². The number of hydroxylamine groups is 4. The summed E-state index contributed by atoms with van der Waals surface area (Å²) in [6.45, 7) is 5.84. The number of urea groups is 1. The highest BCUT2D eigenvalue weighted by atomic mass is 16.7. The summed E-state index contributed by atoms with van der Waals surface area (Å²) in [4.78, 5) is 44.8. The van der Waals surface area contributed by atoms with Crippen LogP contribution in [0.5, 0.6) is 0 Å². The van der Waals surface area contributed by atoms with E-state index in [1.54, 1.807) is 6.92 Å².